The minimum absolute atomic E-state index is 0. The molecule has 0 spiro atoms. The van der Waals surface area contributed by atoms with Crippen molar-refractivity contribution >= 4 is 33.3 Å². The zero-order valence-corrected chi connectivity index (χ0v) is 14.9. The minimum Gasteiger partial charge on any atom is -0.361 e. The highest BCUT2D eigenvalue weighted by Crippen LogP contribution is 2.23. The molecule has 1 aliphatic heterocycles. The lowest BCUT2D eigenvalue weighted by Crippen LogP contribution is -2.29. The fourth-order valence-electron chi connectivity index (χ4n) is 3.02. The van der Waals surface area contributed by atoms with Crippen molar-refractivity contribution in [1.82, 2.24) is 14.2 Å². The van der Waals surface area contributed by atoms with Crippen LogP contribution in [-0.4, -0.2) is 56.2 Å². The van der Waals surface area contributed by atoms with E-state index >= 15 is 0 Å². The summed E-state index contributed by atoms with van der Waals surface area (Å²) < 4.78 is 71.5. The molecule has 3 rings (SSSR count). The summed E-state index contributed by atoms with van der Waals surface area (Å²) in [5, 5.41) is 0.773. The normalized spacial score (nSPS) is 20.7. The number of nitrogens with zero attached hydrogens (tertiary/aromatic N) is 2. The lowest BCUT2D eigenvalue weighted by molar-refractivity contribution is 0.414. The zero-order chi connectivity index (χ0) is 21.4. The van der Waals surface area contributed by atoms with Gasteiger partial charge in [-0.1, -0.05) is 6.07 Å². The molecule has 2 heterocycles. The van der Waals surface area contributed by atoms with E-state index < -0.39 is 24.0 Å². The van der Waals surface area contributed by atoms with Gasteiger partial charge in [0.1, 0.15) is 0 Å². The van der Waals surface area contributed by atoms with Crippen molar-refractivity contribution in [3.05, 3.63) is 35.5 Å². The fraction of sp³-hybridized carbons (Fsp3) is 0.529. The molecule has 1 saturated heterocycles. The number of rotatable bonds is 6. The molecule has 1 aromatic carbocycles. The second-order valence-electron chi connectivity index (χ2n) is 5.96. The van der Waals surface area contributed by atoms with Crippen LogP contribution in [0.3, 0.4) is 0 Å². The molecule has 0 amide bonds. The summed E-state index contributed by atoms with van der Waals surface area (Å²) in [6.45, 7) is -4.52. The average Bonchev–Trinajstić information content (AvgIpc) is 3.22. The van der Waals surface area contributed by atoms with Crippen molar-refractivity contribution in [2.24, 2.45) is 0 Å². The summed E-state index contributed by atoms with van der Waals surface area (Å²) in [4.78, 5) is 3.60. The molecule has 1 aliphatic rings. The maximum absolute atomic E-state index is 12.6. The van der Waals surface area contributed by atoms with Crippen LogP contribution in [0, 0.1) is 0 Å². The van der Waals surface area contributed by atoms with Crippen LogP contribution in [0.5, 0.6) is 0 Å². The van der Waals surface area contributed by atoms with Gasteiger partial charge in [-0.05, 0) is 56.5 Å². The number of sulfonamides is 1. The summed E-state index contributed by atoms with van der Waals surface area (Å²) >= 11 is 0. The van der Waals surface area contributed by atoms with Crippen LogP contribution in [0.15, 0.2) is 24.4 Å². The van der Waals surface area contributed by atoms with Gasteiger partial charge in [-0.3, -0.25) is 0 Å². The van der Waals surface area contributed by atoms with Crippen molar-refractivity contribution in [2.75, 3.05) is 33.6 Å². The van der Waals surface area contributed by atoms with E-state index in [9.17, 15) is 8.42 Å². The summed E-state index contributed by atoms with van der Waals surface area (Å²) in [5.74, 6) is -0.0930. The second kappa shape index (κ2) is 7.87. The predicted molar refractivity (Wildman–Crippen MR) is 101 cm³/mol. The third kappa shape index (κ3) is 4.30. The highest BCUT2D eigenvalue weighted by Gasteiger charge is 2.25. The molecule has 1 N–H and O–H groups in total. The van der Waals surface area contributed by atoms with E-state index in [1.165, 1.54) is 4.31 Å². The topological polar surface area (TPSA) is 56.4 Å². The van der Waals surface area contributed by atoms with Gasteiger partial charge in [0.05, 0.1) is 5.75 Å². The first kappa shape index (κ1) is 12.3. The highest BCUT2D eigenvalue weighted by atomic mass is 35.5. The summed E-state index contributed by atoms with van der Waals surface area (Å²) in [6.07, 6.45) is 3.67. The van der Waals surface area contributed by atoms with Crippen molar-refractivity contribution in [3.8, 4) is 0 Å². The molecule has 0 aliphatic carbocycles. The molecule has 134 valence electrons. The third-order valence-electron chi connectivity index (χ3n) is 4.24. The van der Waals surface area contributed by atoms with Gasteiger partial charge >= 0.3 is 0 Å². The van der Waals surface area contributed by atoms with Gasteiger partial charge in [0.2, 0.25) is 10.0 Å². The van der Waals surface area contributed by atoms with Gasteiger partial charge in [0.15, 0.2) is 0 Å². The number of aromatic nitrogens is 1. The molecule has 1 fully saturated rings. The van der Waals surface area contributed by atoms with E-state index in [4.69, 9.17) is 8.22 Å². The first-order valence-corrected chi connectivity index (χ1v) is 9.33. The van der Waals surface area contributed by atoms with Crippen LogP contribution >= 0.6 is 12.4 Å². The molecule has 0 unspecified atom stereocenters. The monoisotopic (exact) mass is 377 g/mol. The number of aromatic amines is 1. The van der Waals surface area contributed by atoms with Crippen LogP contribution in [-0.2, 0) is 22.2 Å². The number of fused-ring (bicyclic) bond motifs is 1. The molecule has 0 bridgehead atoms. The Morgan fingerprint density at radius 2 is 2.04 bits per heavy atom. The number of likely N-dealkylation sites (N-methyl/N-ethyl adjacent to an activating group) is 1. The van der Waals surface area contributed by atoms with Gasteiger partial charge in [0, 0.05) is 45.0 Å². The Kier molecular flexibility index (Phi) is 4.03. The quantitative estimate of drug-likeness (QED) is 0.841. The van der Waals surface area contributed by atoms with Gasteiger partial charge in [-0.2, -0.15) is 0 Å². The Balaban J connectivity index is 0.00000320. The molecule has 2 aromatic rings. The lowest BCUT2D eigenvalue weighted by Gasteiger charge is -2.15. The number of benzene rings is 1. The maximum Gasteiger partial charge on any atom is 0.218 e. The van der Waals surface area contributed by atoms with E-state index in [1.807, 2.05) is 0 Å². The number of hydrogen-bond donors (Lipinski definition) is 1. The van der Waals surface area contributed by atoms with Crippen molar-refractivity contribution in [1.29, 1.82) is 0 Å². The number of H-pyrrole nitrogens is 1. The maximum atomic E-state index is 12.6. The first-order chi connectivity index (χ1) is 13.4. The molecule has 24 heavy (non-hydrogen) atoms. The molecule has 0 saturated carbocycles. The van der Waals surface area contributed by atoms with Crippen LogP contribution in [0.1, 0.15) is 32.2 Å². The standard InChI is InChI=1S/C17H25N3O2S.ClH/c1-19(2)10-7-15-12-18-17-6-5-14(11-16(15)17)13-23(21,22)20-8-3-4-9-20;/h5-6,11-12,18H,3-4,7-10,13H2,1-2H3;1H/i1D3,2D3;. The van der Waals surface area contributed by atoms with Gasteiger partial charge in [-0.25, -0.2) is 12.7 Å². The predicted octanol–water partition coefficient (Wildman–Crippen LogP) is 2.62. The SMILES string of the molecule is Cl.[2H]C([2H])([2H])N(CCc1c[nH]c2ccc(CS(=O)(=O)N3CCCC3)cc12)C([2H])([2H])[2H]. The van der Waals surface area contributed by atoms with Crippen molar-refractivity contribution in [2.45, 2.75) is 25.0 Å². The molecule has 0 radical (unpaired) electrons. The Morgan fingerprint density at radius 3 is 2.75 bits per heavy atom. The van der Waals surface area contributed by atoms with Crippen molar-refractivity contribution in [3.63, 3.8) is 0 Å². The third-order valence-corrected chi connectivity index (χ3v) is 6.09. The van der Waals surface area contributed by atoms with Gasteiger partial charge in [0.25, 0.3) is 0 Å². The lowest BCUT2D eigenvalue weighted by atomic mass is 10.1. The molecular formula is C17H26ClN3O2S. The summed E-state index contributed by atoms with van der Waals surface area (Å²) in [5.41, 5.74) is 2.18. The molecule has 1 aromatic heterocycles. The van der Waals surface area contributed by atoms with Crippen LogP contribution in [0.4, 0.5) is 0 Å². The molecule has 7 heteroatoms. The van der Waals surface area contributed by atoms with Crippen LogP contribution < -0.4 is 0 Å². The Morgan fingerprint density at radius 1 is 1.29 bits per heavy atom. The van der Waals surface area contributed by atoms with Crippen molar-refractivity contribution < 1.29 is 16.6 Å². The van der Waals surface area contributed by atoms with Gasteiger partial charge in [-0.15, -0.1) is 12.4 Å². The smallest absolute Gasteiger partial charge is 0.218 e. The van der Waals surface area contributed by atoms with E-state index in [1.54, 1.807) is 24.4 Å². The summed E-state index contributed by atoms with van der Waals surface area (Å²) in [6, 6.07) is 5.33. The summed E-state index contributed by atoms with van der Waals surface area (Å²) in [7, 11) is -3.38. The van der Waals surface area contributed by atoms with E-state index in [-0.39, 0.29) is 31.1 Å². The minimum atomic E-state index is -3.38. The van der Waals surface area contributed by atoms with Crippen LogP contribution in [0.25, 0.3) is 10.9 Å². The van der Waals surface area contributed by atoms with Gasteiger partial charge < -0.3 is 9.88 Å². The zero-order valence-electron chi connectivity index (χ0n) is 19.3. The Hall–Kier alpha value is -1.08. The van der Waals surface area contributed by atoms with E-state index in [0.717, 1.165) is 29.3 Å². The fourth-order valence-corrected chi connectivity index (χ4v) is 4.62. The molecule has 5 nitrogen and oxygen atoms in total. The average molecular weight is 378 g/mol. The largest absolute Gasteiger partial charge is 0.361 e. The number of hydrogen-bond acceptors (Lipinski definition) is 3. The highest BCUT2D eigenvalue weighted by molar-refractivity contribution is 7.88. The Bertz CT molecular complexity index is 954. The second-order valence-corrected chi connectivity index (χ2v) is 7.93. The van der Waals surface area contributed by atoms with E-state index in [0.29, 0.717) is 23.6 Å². The molecular weight excluding hydrogens is 346 g/mol. The van der Waals surface area contributed by atoms with Crippen LogP contribution in [0.2, 0.25) is 0 Å². The Labute approximate surface area is 158 Å². The number of halogens is 1. The first-order valence-electron chi connectivity index (χ1n) is 10.7. The number of nitrogens with one attached hydrogen (secondary N) is 1. The molecule has 0 atom stereocenters. The van der Waals surface area contributed by atoms with E-state index in [2.05, 4.69) is 4.98 Å².